The van der Waals surface area contributed by atoms with Crippen molar-refractivity contribution in [2.24, 2.45) is 5.73 Å². The van der Waals surface area contributed by atoms with E-state index >= 15 is 0 Å². The van der Waals surface area contributed by atoms with E-state index in [1.165, 1.54) is 11.1 Å². The van der Waals surface area contributed by atoms with E-state index in [1.807, 2.05) is 36.4 Å². The molecule has 0 amide bonds. The Kier molecular flexibility index (Phi) is 4.00. The summed E-state index contributed by atoms with van der Waals surface area (Å²) in [6.45, 7) is 4.61. The van der Waals surface area contributed by atoms with Crippen molar-refractivity contribution >= 4 is 0 Å². The lowest BCUT2D eigenvalue weighted by molar-refractivity contribution is 0.213. The van der Waals surface area contributed by atoms with Crippen molar-refractivity contribution in [1.82, 2.24) is 0 Å². The van der Waals surface area contributed by atoms with Crippen LogP contribution in [0.15, 0.2) is 48.5 Å². The van der Waals surface area contributed by atoms with Gasteiger partial charge in [-0.15, -0.1) is 0 Å². The minimum absolute atomic E-state index is 0.0890. The molecule has 18 heavy (non-hydrogen) atoms. The van der Waals surface area contributed by atoms with E-state index in [-0.39, 0.29) is 6.10 Å². The van der Waals surface area contributed by atoms with Gasteiger partial charge < -0.3 is 10.5 Å². The van der Waals surface area contributed by atoms with Crippen molar-refractivity contribution in [1.29, 1.82) is 0 Å². The average Bonchev–Trinajstić information content (AvgIpc) is 2.39. The van der Waals surface area contributed by atoms with Crippen molar-refractivity contribution in [3.05, 3.63) is 65.2 Å². The normalized spacial score (nSPS) is 12.2. The Hall–Kier alpha value is -1.80. The summed E-state index contributed by atoms with van der Waals surface area (Å²) in [6, 6.07) is 16.2. The predicted molar refractivity (Wildman–Crippen MR) is 74.8 cm³/mol. The van der Waals surface area contributed by atoms with Gasteiger partial charge in [-0.1, -0.05) is 42.0 Å². The van der Waals surface area contributed by atoms with Crippen LogP contribution >= 0.6 is 0 Å². The molecule has 0 heterocycles. The van der Waals surface area contributed by atoms with E-state index < -0.39 is 0 Å². The molecule has 0 saturated carbocycles. The summed E-state index contributed by atoms with van der Waals surface area (Å²) in [5.41, 5.74) is 9.41. The first-order valence-corrected chi connectivity index (χ1v) is 6.19. The largest absolute Gasteiger partial charge is 0.484 e. The maximum absolute atomic E-state index is 5.96. The summed E-state index contributed by atoms with van der Waals surface area (Å²) in [5, 5.41) is 0. The van der Waals surface area contributed by atoms with Crippen LogP contribution in [-0.2, 0) is 0 Å². The molecule has 0 bridgehead atoms. The Balaban J connectivity index is 2.20. The van der Waals surface area contributed by atoms with Crippen molar-refractivity contribution < 1.29 is 4.74 Å². The molecule has 0 aliphatic heterocycles. The van der Waals surface area contributed by atoms with Gasteiger partial charge in [-0.05, 0) is 37.1 Å². The second-order valence-electron chi connectivity index (χ2n) is 4.51. The first kappa shape index (κ1) is 12.7. The third kappa shape index (κ3) is 2.90. The van der Waals surface area contributed by atoms with Crippen molar-refractivity contribution in [3.63, 3.8) is 0 Å². The molecular weight excluding hydrogens is 222 g/mol. The number of hydrogen-bond donors (Lipinski definition) is 1. The van der Waals surface area contributed by atoms with E-state index in [0.717, 1.165) is 11.3 Å². The molecule has 0 aromatic heterocycles. The lowest BCUT2D eigenvalue weighted by Gasteiger charge is -2.19. The second kappa shape index (κ2) is 5.69. The van der Waals surface area contributed by atoms with Crippen LogP contribution in [0.3, 0.4) is 0 Å². The fourth-order valence-electron chi connectivity index (χ4n) is 1.97. The highest BCUT2D eigenvalue weighted by atomic mass is 16.5. The van der Waals surface area contributed by atoms with Crippen LogP contribution in [0, 0.1) is 13.8 Å². The Bertz CT molecular complexity index is 505. The molecule has 0 radical (unpaired) electrons. The maximum atomic E-state index is 5.96. The van der Waals surface area contributed by atoms with E-state index in [4.69, 9.17) is 10.5 Å². The van der Waals surface area contributed by atoms with E-state index in [1.54, 1.807) is 0 Å². The van der Waals surface area contributed by atoms with Crippen LogP contribution in [0.2, 0.25) is 0 Å². The van der Waals surface area contributed by atoms with Gasteiger partial charge in [0.05, 0.1) is 0 Å². The molecule has 2 N–H and O–H groups in total. The van der Waals surface area contributed by atoms with E-state index in [9.17, 15) is 0 Å². The van der Waals surface area contributed by atoms with Crippen LogP contribution in [0.25, 0.3) is 0 Å². The van der Waals surface area contributed by atoms with E-state index in [0.29, 0.717) is 6.54 Å². The molecule has 0 saturated heterocycles. The third-order valence-corrected chi connectivity index (χ3v) is 3.05. The molecule has 0 spiro atoms. The highest BCUT2D eigenvalue weighted by Gasteiger charge is 2.13. The van der Waals surface area contributed by atoms with Crippen LogP contribution in [0.4, 0.5) is 0 Å². The summed E-state index contributed by atoms with van der Waals surface area (Å²) in [5.74, 6) is 0.860. The van der Waals surface area contributed by atoms with Gasteiger partial charge in [0.15, 0.2) is 0 Å². The number of hydrogen-bond acceptors (Lipinski definition) is 2. The van der Waals surface area contributed by atoms with Crippen LogP contribution in [-0.4, -0.2) is 6.54 Å². The van der Waals surface area contributed by atoms with Crippen LogP contribution < -0.4 is 10.5 Å². The van der Waals surface area contributed by atoms with Gasteiger partial charge in [0.1, 0.15) is 11.9 Å². The molecule has 0 aliphatic carbocycles. The van der Waals surface area contributed by atoms with Crippen LogP contribution in [0.5, 0.6) is 5.75 Å². The van der Waals surface area contributed by atoms with Gasteiger partial charge in [0.2, 0.25) is 0 Å². The zero-order chi connectivity index (χ0) is 13.0. The zero-order valence-electron chi connectivity index (χ0n) is 10.9. The first-order chi connectivity index (χ1) is 8.70. The minimum atomic E-state index is -0.0890. The summed E-state index contributed by atoms with van der Waals surface area (Å²) in [4.78, 5) is 0. The lowest BCUT2D eigenvalue weighted by atomic mass is 10.0. The van der Waals surface area contributed by atoms with Gasteiger partial charge >= 0.3 is 0 Å². The van der Waals surface area contributed by atoms with Crippen molar-refractivity contribution in [2.45, 2.75) is 20.0 Å². The summed E-state index contributed by atoms with van der Waals surface area (Å²) >= 11 is 0. The summed E-state index contributed by atoms with van der Waals surface area (Å²) in [6.07, 6.45) is -0.0890. The fourth-order valence-corrected chi connectivity index (χ4v) is 1.97. The summed E-state index contributed by atoms with van der Waals surface area (Å²) in [7, 11) is 0. The Labute approximate surface area is 108 Å². The highest BCUT2D eigenvalue weighted by molar-refractivity contribution is 5.31. The number of nitrogens with two attached hydrogens (primary N) is 1. The summed E-state index contributed by atoms with van der Waals surface area (Å²) < 4.78 is 5.96. The topological polar surface area (TPSA) is 35.2 Å². The monoisotopic (exact) mass is 241 g/mol. The molecule has 2 aromatic carbocycles. The van der Waals surface area contributed by atoms with Crippen LogP contribution in [0.1, 0.15) is 22.8 Å². The van der Waals surface area contributed by atoms with Gasteiger partial charge in [-0.25, -0.2) is 0 Å². The highest BCUT2D eigenvalue weighted by Crippen LogP contribution is 2.23. The second-order valence-corrected chi connectivity index (χ2v) is 4.51. The van der Waals surface area contributed by atoms with Gasteiger partial charge in [-0.3, -0.25) is 0 Å². The van der Waals surface area contributed by atoms with Crippen molar-refractivity contribution in [2.75, 3.05) is 6.54 Å². The average molecular weight is 241 g/mol. The zero-order valence-corrected chi connectivity index (χ0v) is 10.9. The fraction of sp³-hybridized carbons (Fsp3) is 0.250. The number of aryl methyl sites for hydroxylation is 2. The molecule has 1 atom stereocenters. The molecule has 0 fully saturated rings. The Morgan fingerprint density at radius 2 is 1.67 bits per heavy atom. The molecule has 0 aliphatic rings. The minimum Gasteiger partial charge on any atom is -0.484 e. The van der Waals surface area contributed by atoms with Crippen molar-refractivity contribution in [3.8, 4) is 5.75 Å². The first-order valence-electron chi connectivity index (χ1n) is 6.19. The van der Waals surface area contributed by atoms with Gasteiger partial charge in [0.25, 0.3) is 0 Å². The molecule has 2 aromatic rings. The number of rotatable bonds is 4. The molecule has 2 nitrogen and oxygen atoms in total. The van der Waals surface area contributed by atoms with Gasteiger partial charge in [-0.2, -0.15) is 0 Å². The lowest BCUT2D eigenvalue weighted by Crippen LogP contribution is -2.19. The number of benzene rings is 2. The number of ether oxygens (including phenoxy) is 1. The molecule has 94 valence electrons. The molecule has 1 unspecified atom stereocenters. The Morgan fingerprint density at radius 3 is 2.28 bits per heavy atom. The van der Waals surface area contributed by atoms with Gasteiger partial charge in [0, 0.05) is 6.54 Å². The molecular formula is C16H19NO. The smallest absolute Gasteiger partial charge is 0.136 e. The maximum Gasteiger partial charge on any atom is 0.136 e. The molecule has 2 heteroatoms. The quantitative estimate of drug-likeness (QED) is 0.890. The molecule has 2 rings (SSSR count). The Morgan fingerprint density at radius 1 is 1.00 bits per heavy atom. The third-order valence-electron chi connectivity index (χ3n) is 3.05. The predicted octanol–water partition coefficient (Wildman–Crippen LogP) is 3.38. The SMILES string of the molecule is Cc1ccc(OC(CN)c2ccccc2C)cc1. The van der Waals surface area contributed by atoms with E-state index in [2.05, 4.69) is 26.0 Å². The standard InChI is InChI=1S/C16H19NO/c1-12-7-9-14(10-8-12)18-16(11-17)15-6-4-3-5-13(15)2/h3-10,16H,11,17H2,1-2H3.